The number of pyridine rings is 1. The van der Waals surface area contributed by atoms with Crippen molar-refractivity contribution in [2.75, 3.05) is 0 Å². The molecule has 0 N–H and O–H groups in total. The van der Waals surface area contributed by atoms with E-state index in [0.29, 0.717) is 5.56 Å². The molecule has 0 bridgehead atoms. The molecule has 0 aliphatic heterocycles. The number of benzene rings is 1. The second kappa shape index (κ2) is 12.7. The SMILES string of the molecule is CC.CC.CC(C)(C)c1ccccn1.Cc1cc(F)ccc1F. The highest BCUT2D eigenvalue weighted by atomic mass is 19.1. The Kier molecular flexibility index (Phi) is 13.0. The molecule has 3 heteroatoms. The van der Waals surface area contributed by atoms with Crippen molar-refractivity contribution >= 4 is 0 Å². The molecule has 0 aliphatic rings. The summed E-state index contributed by atoms with van der Waals surface area (Å²) in [7, 11) is 0. The van der Waals surface area contributed by atoms with Crippen LogP contribution in [0.3, 0.4) is 0 Å². The normalized spacial score (nSPS) is 9.30. The molecule has 2 rings (SSSR count). The predicted octanol–water partition coefficient (Wildman–Crippen LogP) is 6.70. The highest BCUT2D eigenvalue weighted by molar-refractivity contribution is 5.16. The van der Waals surface area contributed by atoms with Gasteiger partial charge in [0.05, 0.1) is 0 Å². The summed E-state index contributed by atoms with van der Waals surface area (Å²) < 4.78 is 24.5. The standard InChI is InChI=1S/C9H13N.C7H6F2.2C2H6/c1-9(2,3)8-6-4-5-7-10-8;1-5-4-6(8)2-3-7(5)9;2*1-2/h4-7H,1-3H3;2-4H,1H3;2*1-2H3. The number of aryl methyl sites for hydroxylation is 1. The first kappa shape index (κ1) is 23.5. The fourth-order valence-electron chi connectivity index (χ4n) is 1.41. The summed E-state index contributed by atoms with van der Waals surface area (Å²) in [6.07, 6.45) is 1.83. The van der Waals surface area contributed by atoms with Crippen LogP contribution < -0.4 is 0 Å². The lowest BCUT2D eigenvalue weighted by molar-refractivity contribution is 0.569. The van der Waals surface area contributed by atoms with Gasteiger partial charge in [-0.25, -0.2) is 8.78 Å². The van der Waals surface area contributed by atoms with E-state index in [4.69, 9.17) is 0 Å². The third kappa shape index (κ3) is 10.6. The van der Waals surface area contributed by atoms with Crippen molar-refractivity contribution in [2.45, 2.75) is 60.8 Å². The van der Waals surface area contributed by atoms with Gasteiger partial charge in [-0.15, -0.1) is 0 Å². The zero-order chi connectivity index (χ0) is 18.5. The van der Waals surface area contributed by atoms with Crippen LogP contribution in [0.4, 0.5) is 8.78 Å². The average molecular weight is 323 g/mol. The first-order valence-electron chi connectivity index (χ1n) is 8.14. The van der Waals surface area contributed by atoms with Gasteiger partial charge in [-0.05, 0) is 42.8 Å². The topological polar surface area (TPSA) is 12.9 Å². The maximum absolute atomic E-state index is 12.3. The number of hydrogen-bond acceptors (Lipinski definition) is 1. The molecule has 0 unspecified atom stereocenters. The van der Waals surface area contributed by atoms with Gasteiger partial charge in [-0.3, -0.25) is 4.98 Å². The van der Waals surface area contributed by atoms with Gasteiger partial charge in [-0.1, -0.05) is 54.5 Å². The van der Waals surface area contributed by atoms with Gasteiger partial charge < -0.3 is 0 Å². The summed E-state index contributed by atoms with van der Waals surface area (Å²) in [6, 6.07) is 9.39. The molecule has 1 aromatic heterocycles. The van der Waals surface area contributed by atoms with E-state index in [1.54, 1.807) is 0 Å². The Morgan fingerprint density at radius 3 is 1.74 bits per heavy atom. The van der Waals surface area contributed by atoms with Gasteiger partial charge in [0.1, 0.15) is 11.6 Å². The van der Waals surface area contributed by atoms with Crippen molar-refractivity contribution in [3.63, 3.8) is 0 Å². The summed E-state index contributed by atoms with van der Waals surface area (Å²) in [5.41, 5.74) is 1.67. The maximum Gasteiger partial charge on any atom is 0.126 e. The molecular formula is C20H31F2N. The molecule has 0 saturated heterocycles. The molecule has 0 radical (unpaired) electrons. The Labute approximate surface area is 140 Å². The molecule has 2 aromatic rings. The van der Waals surface area contributed by atoms with Crippen LogP contribution in [0.5, 0.6) is 0 Å². The molecule has 0 saturated carbocycles. The smallest absolute Gasteiger partial charge is 0.126 e. The number of rotatable bonds is 0. The van der Waals surface area contributed by atoms with Crippen molar-refractivity contribution in [1.29, 1.82) is 0 Å². The van der Waals surface area contributed by atoms with Crippen LogP contribution in [-0.4, -0.2) is 4.98 Å². The molecule has 0 spiro atoms. The minimum atomic E-state index is -0.395. The first-order valence-corrected chi connectivity index (χ1v) is 8.14. The van der Waals surface area contributed by atoms with Crippen LogP contribution in [0.1, 0.15) is 59.7 Å². The lowest BCUT2D eigenvalue weighted by atomic mass is 9.92. The van der Waals surface area contributed by atoms with E-state index >= 15 is 0 Å². The van der Waals surface area contributed by atoms with Crippen LogP contribution in [0.2, 0.25) is 0 Å². The molecule has 0 aliphatic carbocycles. The minimum absolute atomic E-state index is 0.182. The van der Waals surface area contributed by atoms with E-state index in [1.807, 2.05) is 46.0 Å². The quantitative estimate of drug-likeness (QED) is 0.525. The Morgan fingerprint density at radius 2 is 1.43 bits per heavy atom. The molecule has 23 heavy (non-hydrogen) atoms. The van der Waals surface area contributed by atoms with E-state index in [-0.39, 0.29) is 11.2 Å². The lowest BCUT2D eigenvalue weighted by Crippen LogP contribution is -2.12. The molecule has 0 fully saturated rings. The van der Waals surface area contributed by atoms with Crippen molar-refractivity contribution in [2.24, 2.45) is 0 Å². The van der Waals surface area contributed by atoms with Crippen LogP contribution in [0.15, 0.2) is 42.6 Å². The Morgan fingerprint density at radius 1 is 0.870 bits per heavy atom. The first-order chi connectivity index (χ1) is 10.8. The number of halogens is 2. The van der Waals surface area contributed by atoms with Crippen LogP contribution >= 0.6 is 0 Å². The average Bonchev–Trinajstić information content (AvgIpc) is 2.56. The summed E-state index contributed by atoms with van der Waals surface area (Å²) in [4.78, 5) is 4.25. The summed E-state index contributed by atoms with van der Waals surface area (Å²) in [5.74, 6) is -0.759. The van der Waals surface area contributed by atoms with E-state index in [2.05, 4.69) is 31.8 Å². The summed E-state index contributed by atoms with van der Waals surface area (Å²) in [6.45, 7) is 16.0. The molecule has 130 valence electrons. The predicted molar refractivity (Wildman–Crippen MR) is 96.7 cm³/mol. The number of aromatic nitrogens is 1. The molecule has 1 nitrogen and oxygen atoms in total. The molecular weight excluding hydrogens is 292 g/mol. The van der Waals surface area contributed by atoms with Crippen molar-refractivity contribution in [3.8, 4) is 0 Å². The third-order valence-corrected chi connectivity index (χ3v) is 2.55. The largest absolute Gasteiger partial charge is 0.261 e. The zero-order valence-corrected chi connectivity index (χ0v) is 15.7. The number of hydrogen-bond donors (Lipinski definition) is 0. The zero-order valence-electron chi connectivity index (χ0n) is 15.7. The van der Waals surface area contributed by atoms with Gasteiger partial charge in [0.25, 0.3) is 0 Å². The molecule has 1 heterocycles. The third-order valence-electron chi connectivity index (χ3n) is 2.55. The van der Waals surface area contributed by atoms with Gasteiger partial charge >= 0.3 is 0 Å². The second-order valence-corrected chi connectivity index (χ2v) is 5.36. The maximum atomic E-state index is 12.3. The summed E-state index contributed by atoms with van der Waals surface area (Å²) in [5, 5.41) is 0. The Hall–Kier alpha value is -1.77. The van der Waals surface area contributed by atoms with E-state index in [0.717, 1.165) is 23.9 Å². The van der Waals surface area contributed by atoms with Crippen molar-refractivity contribution in [3.05, 3.63) is 65.5 Å². The van der Waals surface area contributed by atoms with E-state index in [9.17, 15) is 8.78 Å². The van der Waals surface area contributed by atoms with Gasteiger partial charge in [-0.2, -0.15) is 0 Å². The molecule has 0 amide bonds. The lowest BCUT2D eigenvalue weighted by Gasteiger charge is -2.16. The highest BCUT2D eigenvalue weighted by Gasteiger charge is 2.13. The van der Waals surface area contributed by atoms with Crippen LogP contribution in [-0.2, 0) is 5.41 Å². The highest BCUT2D eigenvalue weighted by Crippen LogP contribution is 2.18. The minimum Gasteiger partial charge on any atom is -0.261 e. The fourth-order valence-corrected chi connectivity index (χ4v) is 1.41. The van der Waals surface area contributed by atoms with E-state index < -0.39 is 5.82 Å². The fraction of sp³-hybridized carbons (Fsp3) is 0.450. The summed E-state index contributed by atoms with van der Waals surface area (Å²) >= 11 is 0. The van der Waals surface area contributed by atoms with Gasteiger partial charge in [0.2, 0.25) is 0 Å². The molecule has 0 atom stereocenters. The van der Waals surface area contributed by atoms with Crippen LogP contribution in [0, 0.1) is 18.6 Å². The Balaban J connectivity index is 0. The van der Waals surface area contributed by atoms with E-state index in [1.165, 1.54) is 6.92 Å². The molecule has 1 aromatic carbocycles. The van der Waals surface area contributed by atoms with Crippen molar-refractivity contribution < 1.29 is 8.78 Å². The van der Waals surface area contributed by atoms with Gasteiger partial charge in [0.15, 0.2) is 0 Å². The second-order valence-electron chi connectivity index (χ2n) is 5.36. The monoisotopic (exact) mass is 323 g/mol. The van der Waals surface area contributed by atoms with Crippen molar-refractivity contribution in [1.82, 2.24) is 4.98 Å². The van der Waals surface area contributed by atoms with Gasteiger partial charge in [0, 0.05) is 17.3 Å². The van der Waals surface area contributed by atoms with Crippen LogP contribution in [0.25, 0.3) is 0 Å². The Bertz CT molecular complexity index is 517. The number of nitrogens with zero attached hydrogens (tertiary/aromatic N) is 1.